The Hall–Kier alpha value is -1.06. The van der Waals surface area contributed by atoms with Gasteiger partial charge in [0.25, 0.3) is 0 Å². The summed E-state index contributed by atoms with van der Waals surface area (Å²) in [6.07, 6.45) is 11.1. The molecule has 0 radical (unpaired) electrons. The van der Waals surface area contributed by atoms with Gasteiger partial charge in [-0.05, 0) is 67.7 Å². The summed E-state index contributed by atoms with van der Waals surface area (Å²) in [4.78, 5) is 2.69. The molecular formula is C23H31NO2. The van der Waals surface area contributed by atoms with Gasteiger partial charge in [-0.15, -0.1) is 0 Å². The maximum absolute atomic E-state index is 12.3. The first-order valence-electron chi connectivity index (χ1n) is 10.7. The summed E-state index contributed by atoms with van der Waals surface area (Å²) in [7, 11) is 1.76. The number of ether oxygens (including phenoxy) is 1. The molecule has 4 atom stereocenters. The Labute approximate surface area is 156 Å². The Morgan fingerprint density at radius 3 is 2.81 bits per heavy atom. The van der Waals surface area contributed by atoms with Crippen LogP contribution in [0.15, 0.2) is 18.2 Å². The lowest BCUT2D eigenvalue weighted by Gasteiger charge is -2.59. The van der Waals surface area contributed by atoms with E-state index in [0.717, 1.165) is 30.9 Å². The van der Waals surface area contributed by atoms with Crippen molar-refractivity contribution < 1.29 is 9.84 Å². The van der Waals surface area contributed by atoms with Crippen LogP contribution in [0.25, 0.3) is 0 Å². The van der Waals surface area contributed by atoms with E-state index >= 15 is 0 Å². The highest BCUT2D eigenvalue weighted by molar-refractivity contribution is 5.52. The van der Waals surface area contributed by atoms with Crippen LogP contribution in [0.1, 0.15) is 62.5 Å². The average molecular weight is 354 g/mol. The van der Waals surface area contributed by atoms with E-state index in [1.54, 1.807) is 7.11 Å². The van der Waals surface area contributed by atoms with E-state index in [2.05, 4.69) is 23.1 Å². The smallest absolute Gasteiger partial charge is 0.119 e. The molecule has 0 amide bonds. The van der Waals surface area contributed by atoms with Crippen molar-refractivity contribution in [3.8, 4) is 5.75 Å². The van der Waals surface area contributed by atoms with Gasteiger partial charge in [0, 0.05) is 30.0 Å². The molecule has 1 heterocycles. The van der Waals surface area contributed by atoms with Gasteiger partial charge in [0.15, 0.2) is 0 Å². The third kappa shape index (κ3) is 1.73. The van der Waals surface area contributed by atoms with Crippen molar-refractivity contribution in [2.45, 2.75) is 74.8 Å². The fourth-order valence-electron chi connectivity index (χ4n) is 7.85. The zero-order valence-corrected chi connectivity index (χ0v) is 16.0. The van der Waals surface area contributed by atoms with Crippen molar-refractivity contribution >= 4 is 0 Å². The largest absolute Gasteiger partial charge is 0.497 e. The molecule has 140 valence electrons. The molecule has 1 aromatic carbocycles. The summed E-state index contributed by atoms with van der Waals surface area (Å²) >= 11 is 0. The first-order valence-corrected chi connectivity index (χ1v) is 10.7. The summed E-state index contributed by atoms with van der Waals surface area (Å²) < 4.78 is 5.57. The minimum Gasteiger partial charge on any atom is -0.497 e. The maximum Gasteiger partial charge on any atom is 0.119 e. The zero-order valence-electron chi connectivity index (χ0n) is 16.0. The summed E-state index contributed by atoms with van der Waals surface area (Å²) in [6, 6.07) is 7.07. The number of benzene rings is 1. The van der Waals surface area contributed by atoms with Crippen LogP contribution in [-0.4, -0.2) is 41.8 Å². The van der Waals surface area contributed by atoms with Gasteiger partial charge in [-0.25, -0.2) is 0 Å². The van der Waals surface area contributed by atoms with Gasteiger partial charge in [-0.1, -0.05) is 25.3 Å². The second kappa shape index (κ2) is 5.05. The van der Waals surface area contributed by atoms with Crippen LogP contribution in [-0.2, 0) is 11.8 Å². The van der Waals surface area contributed by atoms with Crippen molar-refractivity contribution in [1.82, 2.24) is 4.90 Å². The minimum absolute atomic E-state index is 0.0353. The van der Waals surface area contributed by atoms with Gasteiger partial charge < -0.3 is 9.84 Å². The zero-order chi connectivity index (χ0) is 17.6. The molecule has 3 saturated carbocycles. The molecule has 1 saturated heterocycles. The van der Waals surface area contributed by atoms with E-state index < -0.39 is 5.60 Å². The first-order chi connectivity index (χ1) is 12.6. The van der Waals surface area contributed by atoms with Crippen molar-refractivity contribution in [2.75, 3.05) is 20.2 Å². The molecule has 26 heavy (non-hydrogen) atoms. The van der Waals surface area contributed by atoms with Crippen LogP contribution in [0.2, 0.25) is 0 Å². The van der Waals surface area contributed by atoms with E-state index in [4.69, 9.17) is 4.74 Å². The van der Waals surface area contributed by atoms with Crippen LogP contribution >= 0.6 is 0 Å². The Balaban J connectivity index is 1.46. The van der Waals surface area contributed by atoms with E-state index in [-0.39, 0.29) is 5.41 Å². The van der Waals surface area contributed by atoms with E-state index in [0.29, 0.717) is 11.5 Å². The Kier molecular flexibility index (Phi) is 3.10. The molecule has 5 aliphatic rings. The van der Waals surface area contributed by atoms with Crippen molar-refractivity contribution in [2.24, 2.45) is 11.3 Å². The standard InChI is InChI=1S/C23H31NO2/c1-26-18-8-7-17-12-21-14-22(19(17)11-18)9-2-3-10-23(22,25)20(21)24(15-21)13-16-5-4-6-16/h7-8,11,16,20,25H,2-6,9-10,12-15H2,1H3/t20-,21?,22+,23-/m1/s1. The maximum atomic E-state index is 12.3. The predicted molar refractivity (Wildman–Crippen MR) is 102 cm³/mol. The molecule has 3 heteroatoms. The van der Waals surface area contributed by atoms with E-state index in [1.807, 2.05) is 0 Å². The summed E-state index contributed by atoms with van der Waals surface area (Å²) in [5.41, 5.74) is 2.66. The molecule has 2 spiro atoms. The van der Waals surface area contributed by atoms with E-state index in [1.165, 1.54) is 62.7 Å². The molecule has 4 aliphatic carbocycles. The molecule has 2 bridgehead atoms. The molecule has 4 fully saturated rings. The second-order valence-corrected chi connectivity index (χ2v) is 10.1. The number of likely N-dealkylation sites (tertiary alicyclic amines) is 1. The van der Waals surface area contributed by atoms with Crippen LogP contribution in [0.5, 0.6) is 5.75 Å². The van der Waals surface area contributed by atoms with Gasteiger partial charge in [-0.3, -0.25) is 4.90 Å². The molecular weight excluding hydrogens is 322 g/mol. The number of hydrogen-bond acceptors (Lipinski definition) is 3. The summed E-state index contributed by atoms with van der Waals surface area (Å²) in [5, 5.41) is 12.3. The highest BCUT2D eigenvalue weighted by Crippen LogP contribution is 2.71. The number of hydrogen-bond donors (Lipinski definition) is 1. The third-order valence-corrected chi connectivity index (χ3v) is 8.90. The van der Waals surface area contributed by atoms with Crippen LogP contribution in [0.4, 0.5) is 0 Å². The third-order valence-electron chi connectivity index (χ3n) is 8.90. The molecule has 3 nitrogen and oxygen atoms in total. The van der Waals surface area contributed by atoms with Crippen molar-refractivity contribution in [1.29, 1.82) is 0 Å². The van der Waals surface area contributed by atoms with Gasteiger partial charge in [0.2, 0.25) is 0 Å². The van der Waals surface area contributed by atoms with Gasteiger partial charge in [-0.2, -0.15) is 0 Å². The lowest BCUT2D eigenvalue weighted by molar-refractivity contribution is -0.160. The molecule has 6 rings (SSSR count). The molecule has 1 N–H and O–H groups in total. The Bertz CT molecular complexity index is 759. The first kappa shape index (κ1) is 15.9. The van der Waals surface area contributed by atoms with Crippen molar-refractivity contribution in [3.63, 3.8) is 0 Å². The molecule has 0 aromatic heterocycles. The molecule has 1 aromatic rings. The topological polar surface area (TPSA) is 32.7 Å². The number of nitrogens with zero attached hydrogens (tertiary/aromatic N) is 1. The van der Waals surface area contributed by atoms with E-state index in [9.17, 15) is 5.11 Å². The van der Waals surface area contributed by atoms with Crippen molar-refractivity contribution in [3.05, 3.63) is 29.3 Å². The number of aliphatic hydroxyl groups is 1. The fourth-order valence-corrected chi connectivity index (χ4v) is 7.85. The second-order valence-electron chi connectivity index (χ2n) is 10.1. The average Bonchev–Trinajstić information content (AvgIpc) is 2.73. The number of rotatable bonds is 3. The van der Waals surface area contributed by atoms with Gasteiger partial charge >= 0.3 is 0 Å². The summed E-state index contributed by atoms with van der Waals surface area (Å²) in [6.45, 7) is 2.44. The van der Waals surface area contributed by atoms with Gasteiger partial charge in [0.05, 0.1) is 12.7 Å². The molecule has 1 unspecified atom stereocenters. The van der Waals surface area contributed by atoms with Crippen LogP contribution in [0.3, 0.4) is 0 Å². The highest BCUT2D eigenvalue weighted by atomic mass is 16.5. The SMILES string of the molecule is COc1ccc2c(c1)[C@@]13CCCC[C@@]1(O)[C@@H]1N(CC4CCC4)CC1(C2)C3. The lowest BCUT2D eigenvalue weighted by atomic mass is 9.58. The lowest BCUT2D eigenvalue weighted by Crippen LogP contribution is -2.71. The van der Waals surface area contributed by atoms with Crippen LogP contribution < -0.4 is 4.74 Å². The monoisotopic (exact) mass is 353 g/mol. The fraction of sp³-hybridized carbons (Fsp3) is 0.739. The predicted octanol–water partition coefficient (Wildman–Crippen LogP) is 3.67. The van der Waals surface area contributed by atoms with Crippen LogP contribution in [0, 0.1) is 11.3 Å². The normalized spacial score (nSPS) is 43.7. The number of fused-ring (bicyclic) bond motifs is 2. The number of methoxy groups -OCH3 is 1. The quantitative estimate of drug-likeness (QED) is 0.900. The minimum atomic E-state index is -0.537. The summed E-state index contributed by atoms with van der Waals surface area (Å²) in [5.74, 6) is 1.84. The van der Waals surface area contributed by atoms with Gasteiger partial charge in [0.1, 0.15) is 5.75 Å². The Morgan fingerprint density at radius 2 is 2.04 bits per heavy atom. The highest BCUT2D eigenvalue weighted by Gasteiger charge is 2.77. The Morgan fingerprint density at radius 1 is 1.19 bits per heavy atom. The molecule has 1 aliphatic heterocycles.